The number of fused-ring (bicyclic) bond motifs is 1. The van der Waals surface area contributed by atoms with Crippen molar-refractivity contribution in [2.24, 2.45) is 7.05 Å². The number of hydrogen-bond acceptors (Lipinski definition) is 5. The van der Waals surface area contributed by atoms with Crippen molar-refractivity contribution in [3.63, 3.8) is 0 Å². The molecule has 7 nitrogen and oxygen atoms in total. The van der Waals surface area contributed by atoms with Crippen LogP contribution in [0, 0.1) is 6.92 Å². The first-order chi connectivity index (χ1) is 12.1. The maximum atomic E-state index is 6.10. The van der Waals surface area contributed by atoms with Crippen LogP contribution in [0.2, 0.25) is 5.02 Å². The molecule has 0 aromatic carbocycles. The molecule has 0 bridgehead atoms. The fourth-order valence-electron chi connectivity index (χ4n) is 2.85. The first kappa shape index (κ1) is 15.6. The third-order valence-electron chi connectivity index (χ3n) is 3.92. The lowest BCUT2D eigenvalue weighted by molar-refractivity contribution is 0.398. The van der Waals surface area contributed by atoms with Crippen molar-refractivity contribution in [2.45, 2.75) is 6.92 Å². The standard InChI is InChI=1S/C17H15ClN6O/c1-9-6-10(11-7-19-22-16(11)20-9)12-8-24(2)23-15(12)14-5-4-13(18)17(21-14)25-3/h4-8H,1-3H3,(H,19,20,22). The Hall–Kier alpha value is -2.93. The number of H-pyrrole nitrogens is 1. The van der Waals surface area contributed by atoms with Crippen LogP contribution in [-0.4, -0.2) is 37.1 Å². The Labute approximate surface area is 148 Å². The molecule has 0 saturated carbocycles. The number of pyridine rings is 2. The van der Waals surface area contributed by atoms with E-state index in [1.807, 2.05) is 32.3 Å². The Morgan fingerprint density at radius 2 is 2.04 bits per heavy atom. The second-order valence-electron chi connectivity index (χ2n) is 5.70. The number of ether oxygens (including phenoxy) is 1. The molecule has 1 N–H and O–H groups in total. The number of nitrogens with one attached hydrogen (secondary N) is 1. The van der Waals surface area contributed by atoms with Crippen molar-refractivity contribution in [1.29, 1.82) is 0 Å². The van der Waals surface area contributed by atoms with Gasteiger partial charge in [0.05, 0.1) is 19.0 Å². The summed E-state index contributed by atoms with van der Waals surface area (Å²) in [5.41, 5.74) is 4.99. The lowest BCUT2D eigenvalue weighted by Crippen LogP contribution is -1.94. The highest BCUT2D eigenvalue weighted by atomic mass is 35.5. The molecule has 0 aliphatic heterocycles. The maximum absolute atomic E-state index is 6.10. The summed E-state index contributed by atoms with van der Waals surface area (Å²) in [5, 5.41) is 13.0. The smallest absolute Gasteiger partial charge is 0.232 e. The number of nitrogens with zero attached hydrogens (tertiary/aromatic N) is 5. The van der Waals surface area contributed by atoms with Gasteiger partial charge in [0.25, 0.3) is 0 Å². The van der Waals surface area contributed by atoms with Crippen LogP contribution in [0.1, 0.15) is 5.69 Å². The molecule has 0 aliphatic carbocycles. The molecule has 0 saturated heterocycles. The van der Waals surface area contributed by atoms with E-state index in [0.29, 0.717) is 16.6 Å². The van der Waals surface area contributed by atoms with E-state index in [1.165, 1.54) is 0 Å². The summed E-state index contributed by atoms with van der Waals surface area (Å²) in [5.74, 6) is 0.370. The average molecular weight is 355 g/mol. The molecule has 4 rings (SSSR count). The largest absolute Gasteiger partial charge is 0.480 e. The Kier molecular flexibility index (Phi) is 3.65. The van der Waals surface area contributed by atoms with E-state index in [-0.39, 0.29) is 0 Å². The summed E-state index contributed by atoms with van der Waals surface area (Å²) in [4.78, 5) is 8.95. The SMILES string of the molecule is COc1nc(-c2nn(C)cc2-c2cc(C)nc3[nH]ncc23)ccc1Cl. The quantitative estimate of drug-likeness (QED) is 0.609. The third-order valence-corrected chi connectivity index (χ3v) is 4.21. The molecule has 0 spiro atoms. The lowest BCUT2D eigenvalue weighted by Gasteiger charge is -2.07. The Morgan fingerprint density at radius 1 is 1.20 bits per heavy atom. The van der Waals surface area contributed by atoms with Gasteiger partial charge in [-0.3, -0.25) is 9.78 Å². The van der Waals surface area contributed by atoms with Crippen LogP contribution in [-0.2, 0) is 7.05 Å². The summed E-state index contributed by atoms with van der Waals surface area (Å²) in [6.07, 6.45) is 3.73. The molecule has 126 valence electrons. The van der Waals surface area contributed by atoms with Crippen LogP contribution in [0.3, 0.4) is 0 Å². The fourth-order valence-corrected chi connectivity index (χ4v) is 3.04. The van der Waals surface area contributed by atoms with E-state index in [1.54, 1.807) is 24.1 Å². The van der Waals surface area contributed by atoms with Gasteiger partial charge < -0.3 is 4.74 Å². The van der Waals surface area contributed by atoms with Gasteiger partial charge in [0, 0.05) is 29.9 Å². The third kappa shape index (κ3) is 2.62. The van der Waals surface area contributed by atoms with Crippen LogP contribution >= 0.6 is 11.6 Å². The molecular weight excluding hydrogens is 340 g/mol. The Bertz CT molecular complexity index is 1080. The van der Waals surface area contributed by atoms with Crippen LogP contribution in [0.15, 0.2) is 30.6 Å². The zero-order valence-electron chi connectivity index (χ0n) is 13.9. The van der Waals surface area contributed by atoms with E-state index in [9.17, 15) is 0 Å². The second kappa shape index (κ2) is 5.86. The van der Waals surface area contributed by atoms with E-state index >= 15 is 0 Å². The molecular formula is C17H15ClN6O. The van der Waals surface area contributed by atoms with Gasteiger partial charge in [-0.2, -0.15) is 10.2 Å². The van der Waals surface area contributed by atoms with Gasteiger partial charge in [0.1, 0.15) is 10.7 Å². The summed E-state index contributed by atoms with van der Waals surface area (Å²) in [7, 11) is 3.42. The molecule has 0 fully saturated rings. The van der Waals surface area contributed by atoms with Crippen LogP contribution in [0.4, 0.5) is 0 Å². The molecule has 4 aromatic heterocycles. The number of aryl methyl sites for hydroxylation is 2. The monoisotopic (exact) mass is 354 g/mol. The van der Waals surface area contributed by atoms with Crippen LogP contribution in [0.5, 0.6) is 5.88 Å². The highest BCUT2D eigenvalue weighted by molar-refractivity contribution is 6.31. The van der Waals surface area contributed by atoms with E-state index < -0.39 is 0 Å². The number of rotatable bonds is 3. The summed E-state index contributed by atoms with van der Waals surface area (Å²) in [6, 6.07) is 5.61. The van der Waals surface area contributed by atoms with Gasteiger partial charge in [-0.25, -0.2) is 9.97 Å². The van der Waals surface area contributed by atoms with E-state index in [0.717, 1.165) is 33.5 Å². The first-order valence-electron chi connectivity index (χ1n) is 7.62. The zero-order chi connectivity index (χ0) is 17.6. The second-order valence-corrected chi connectivity index (χ2v) is 6.10. The number of aromatic nitrogens is 6. The van der Waals surface area contributed by atoms with Gasteiger partial charge >= 0.3 is 0 Å². The van der Waals surface area contributed by atoms with Gasteiger partial charge in [0.2, 0.25) is 5.88 Å². The minimum atomic E-state index is 0.370. The van der Waals surface area contributed by atoms with Gasteiger partial charge in [-0.15, -0.1) is 0 Å². The van der Waals surface area contributed by atoms with Crippen molar-refractivity contribution >= 4 is 22.6 Å². The summed E-state index contributed by atoms with van der Waals surface area (Å²) in [6.45, 7) is 1.95. The molecule has 0 aliphatic rings. The number of halogens is 1. The zero-order valence-corrected chi connectivity index (χ0v) is 14.7. The van der Waals surface area contributed by atoms with Gasteiger partial charge in [-0.05, 0) is 30.7 Å². The predicted octanol–water partition coefficient (Wildman–Crippen LogP) is 3.39. The first-order valence-corrected chi connectivity index (χ1v) is 8.00. The minimum Gasteiger partial charge on any atom is -0.480 e. The molecule has 0 amide bonds. The topological polar surface area (TPSA) is 81.5 Å². The molecule has 4 aromatic rings. The van der Waals surface area contributed by atoms with Gasteiger partial charge in [0.15, 0.2) is 5.65 Å². The number of hydrogen-bond donors (Lipinski definition) is 1. The number of methoxy groups -OCH3 is 1. The molecule has 8 heteroatoms. The highest BCUT2D eigenvalue weighted by Crippen LogP contribution is 2.35. The summed E-state index contributed by atoms with van der Waals surface area (Å²) < 4.78 is 6.99. The van der Waals surface area contributed by atoms with E-state index in [2.05, 4.69) is 25.3 Å². The van der Waals surface area contributed by atoms with Crippen molar-refractivity contribution in [2.75, 3.05) is 7.11 Å². The molecule has 0 atom stereocenters. The molecule has 0 radical (unpaired) electrons. The van der Waals surface area contributed by atoms with Crippen molar-refractivity contribution in [3.8, 4) is 28.4 Å². The lowest BCUT2D eigenvalue weighted by atomic mass is 10.0. The Balaban J connectivity index is 1.97. The van der Waals surface area contributed by atoms with Crippen molar-refractivity contribution < 1.29 is 4.74 Å². The minimum absolute atomic E-state index is 0.370. The number of aromatic amines is 1. The van der Waals surface area contributed by atoms with Crippen LogP contribution < -0.4 is 4.74 Å². The van der Waals surface area contributed by atoms with Crippen LogP contribution in [0.25, 0.3) is 33.5 Å². The molecule has 0 unspecified atom stereocenters. The predicted molar refractivity (Wildman–Crippen MR) is 95.6 cm³/mol. The molecule has 4 heterocycles. The molecule has 25 heavy (non-hydrogen) atoms. The van der Waals surface area contributed by atoms with Gasteiger partial charge in [-0.1, -0.05) is 11.6 Å². The summed E-state index contributed by atoms with van der Waals surface area (Å²) >= 11 is 6.10. The normalized spacial score (nSPS) is 11.2. The average Bonchev–Trinajstić information content (AvgIpc) is 3.21. The van der Waals surface area contributed by atoms with Crippen molar-refractivity contribution in [3.05, 3.63) is 41.3 Å². The van der Waals surface area contributed by atoms with E-state index in [4.69, 9.17) is 16.3 Å². The fraction of sp³-hybridized carbons (Fsp3) is 0.176. The highest BCUT2D eigenvalue weighted by Gasteiger charge is 2.18. The van der Waals surface area contributed by atoms with Crippen molar-refractivity contribution in [1.82, 2.24) is 29.9 Å². The Morgan fingerprint density at radius 3 is 2.84 bits per heavy atom. The maximum Gasteiger partial charge on any atom is 0.232 e.